The molecular formula is C14H18N4O2. The molecule has 1 heterocycles. The van der Waals surface area contributed by atoms with Crippen LogP contribution in [0.5, 0.6) is 5.75 Å². The molecule has 0 radical (unpaired) electrons. The van der Waals surface area contributed by atoms with Crippen molar-refractivity contribution in [1.29, 1.82) is 0 Å². The van der Waals surface area contributed by atoms with E-state index in [2.05, 4.69) is 10.4 Å². The van der Waals surface area contributed by atoms with Crippen molar-refractivity contribution in [1.82, 2.24) is 15.1 Å². The average Bonchev–Trinajstić information content (AvgIpc) is 2.75. The lowest BCUT2D eigenvalue weighted by molar-refractivity contribution is 0.0937. The predicted molar refractivity (Wildman–Crippen MR) is 76.6 cm³/mol. The van der Waals surface area contributed by atoms with Crippen molar-refractivity contribution in [3.05, 3.63) is 41.7 Å². The number of nitrogen functional groups attached to an aromatic ring is 1. The van der Waals surface area contributed by atoms with E-state index in [4.69, 9.17) is 10.5 Å². The molecule has 2 aromatic rings. The number of aryl methyl sites for hydroxylation is 2. The quantitative estimate of drug-likeness (QED) is 0.632. The lowest BCUT2D eigenvalue weighted by atomic mass is 10.3. The van der Waals surface area contributed by atoms with Crippen LogP contribution in [0.4, 0.5) is 5.69 Å². The van der Waals surface area contributed by atoms with E-state index in [1.54, 1.807) is 29.9 Å². The van der Waals surface area contributed by atoms with Gasteiger partial charge in [-0.2, -0.15) is 5.10 Å². The SMILES string of the molecule is Cc1cc(C(=O)NCCOc2ccccc2N)n(C)n1. The number of nitrogens with zero attached hydrogens (tertiary/aromatic N) is 2. The van der Waals surface area contributed by atoms with E-state index in [9.17, 15) is 4.79 Å². The molecule has 0 saturated heterocycles. The van der Waals surface area contributed by atoms with Crippen molar-refractivity contribution >= 4 is 11.6 Å². The van der Waals surface area contributed by atoms with E-state index < -0.39 is 0 Å². The van der Waals surface area contributed by atoms with Crippen molar-refractivity contribution in [2.75, 3.05) is 18.9 Å². The van der Waals surface area contributed by atoms with E-state index in [1.807, 2.05) is 19.1 Å². The molecule has 3 N–H and O–H groups in total. The third kappa shape index (κ3) is 3.28. The van der Waals surface area contributed by atoms with Gasteiger partial charge in [-0.3, -0.25) is 9.48 Å². The first-order chi connectivity index (χ1) is 9.58. The maximum atomic E-state index is 11.9. The Morgan fingerprint density at radius 2 is 2.20 bits per heavy atom. The van der Waals surface area contributed by atoms with Gasteiger partial charge < -0.3 is 15.8 Å². The predicted octanol–water partition coefficient (Wildman–Crippen LogP) is 1.12. The standard InChI is InChI=1S/C14H18N4O2/c1-10-9-12(18(2)17-10)14(19)16-7-8-20-13-6-4-3-5-11(13)15/h3-6,9H,7-8,15H2,1-2H3,(H,16,19). The van der Waals surface area contributed by atoms with Gasteiger partial charge in [0.1, 0.15) is 18.1 Å². The van der Waals surface area contributed by atoms with E-state index in [1.165, 1.54) is 0 Å². The molecule has 0 spiro atoms. The Labute approximate surface area is 117 Å². The summed E-state index contributed by atoms with van der Waals surface area (Å²) in [7, 11) is 1.74. The van der Waals surface area contributed by atoms with Gasteiger partial charge in [-0.15, -0.1) is 0 Å². The third-order valence-electron chi connectivity index (χ3n) is 2.80. The molecule has 0 saturated carbocycles. The van der Waals surface area contributed by atoms with Crippen LogP contribution in [0.2, 0.25) is 0 Å². The van der Waals surface area contributed by atoms with Crippen molar-refractivity contribution in [3.8, 4) is 5.75 Å². The highest BCUT2D eigenvalue weighted by Gasteiger charge is 2.10. The first-order valence-corrected chi connectivity index (χ1v) is 6.34. The first-order valence-electron chi connectivity index (χ1n) is 6.34. The smallest absolute Gasteiger partial charge is 0.269 e. The van der Waals surface area contributed by atoms with Gasteiger partial charge in [-0.05, 0) is 25.1 Å². The zero-order chi connectivity index (χ0) is 14.5. The topological polar surface area (TPSA) is 82.2 Å². The summed E-state index contributed by atoms with van der Waals surface area (Å²) in [5.41, 5.74) is 7.68. The second-order valence-corrected chi connectivity index (χ2v) is 4.44. The maximum absolute atomic E-state index is 11.9. The minimum atomic E-state index is -0.169. The van der Waals surface area contributed by atoms with Gasteiger partial charge in [0.05, 0.1) is 17.9 Å². The average molecular weight is 274 g/mol. The fraction of sp³-hybridized carbons (Fsp3) is 0.286. The van der Waals surface area contributed by atoms with E-state index >= 15 is 0 Å². The van der Waals surface area contributed by atoms with Crippen LogP contribution in [0.15, 0.2) is 30.3 Å². The van der Waals surface area contributed by atoms with Crippen LogP contribution in [0.1, 0.15) is 16.2 Å². The van der Waals surface area contributed by atoms with Gasteiger partial charge in [0.15, 0.2) is 0 Å². The van der Waals surface area contributed by atoms with E-state index in [-0.39, 0.29) is 5.91 Å². The van der Waals surface area contributed by atoms with E-state index in [0.717, 1.165) is 5.69 Å². The number of para-hydroxylation sites is 2. The Morgan fingerprint density at radius 1 is 1.45 bits per heavy atom. The van der Waals surface area contributed by atoms with Crippen LogP contribution < -0.4 is 15.8 Å². The lowest BCUT2D eigenvalue weighted by Gasteiger charge is -2.09. The fourth-order valence-electron chi connectivity index (χ4n) is 1.85. The molecule has 0 bridgehead atoms. The number of carbonyl (C=O) groups is 1. The zero-order valence-electron chi connectivity index (χ0n) is 11.6. The highest BCUT2D eigenvalue weighted by molar-refractivity contribution is 5.92. The Bertz CT molecular complexity index is 607. The van der Waals surface area contributed by atoms with Crippen LogP contribution in [-0.2, 0) is 7.05 Å². The highest BCUT2D eigenvalue weighted by Crippen LogP contribution is 2.19. The molecule has 1 aromatic carbocycles. The number of benzene rings is 1. The molecular weight excluding hydrogens is 256 g/mol. The lowest BCUT2D eigenvalue weighted by Crippen LogP contribution is -2.29. The number of amides is 1. The van der Waals surface area contributed by atoms with Crippen molar-refractivity contribution in [3.63, 3.8) is 0 Å². The second-order valence-electron chi connectivity index (χ2n) is 4.44. The molecule has 20 heavy (non-hydrogen) atoms. The number of aromatic nitrogens is 2. The van der Waals surface area contributed by atoms with Crippen molar-refractivity contribution in [2.24, 2.45) is 7.05 Å². The second kappa shape index (κ2) is 6.10. The van der Waals surface area contributed by atoms with E-state index in [0.29, 0.717) is 30.3 Å². The summed E-state index contributed by atoms with van der Waals surface area (Å²) >= 11 is 0. The van der Waals surface area contributed by atoms with Gasteiger partial charge in [-0.1, -0.05) is 12.1 Å². The fourth-order valence-corrected chi connectivity index (χ4v) is 1.85. The van der Waals surface area contributed by atoms with Crippen LogP contribution >= 0.6 is 0 Å². The number of anilines is 1. The number of hydrogen-bond donors (Lipinski definition) is 2. The molecule has 0 aliphatic rings. The Kier molecular flexibility index (Phi) is 4.24. The number of ether oxygens (including phenoxy) is 1. The first kappa shape index (κ1) is 13.9. The zero-order valence-corrected chi connectivity index (χ0v) is 11.6. The molecule has 2 rings (SSSR count). The minimum absolute atomic E-state index is 0.169. The minimum Gasteiger partial charge on any atom is -0.490 e. The summed E-state index contributed by atoms with van der Waals surface area (Å²) in [6.45, 7) is 2.60. The third-order valence-corrected chi connectivity index (χ3v) is 2.80. The molecule has 0 fully saturated rings. The molecule has 1 amide bonds. The number of nitrogens with two attached hydrogens (primary N) is 1. The van der Waals surface area contributed by atoms with Crippen molar-refractivity contribution < 1.29 is 9.53 Å². The van der Waals surface area contributed by atoms with Gasteiger partial charge in [0.25, 0.3) is 5.91 Å². The van der Waals surface area contributed by atoms with Crippen LogP contribution in [0.3, 0.4) is 0 Å². The molecule has 106 valence electrons. The Balaban J connectivity index is 1.80. The molecule has 0 aliphatic heterocycles. The van der Waals surface area contributed by atoms with Crippen molar-refractivity contribution in [2.45, 2.75) is 6.92 Å². The summed E-state index contributed by atoms with van der Waals surface area (Å²) in [6.07, 6.45) is 0. The monoisotopic (exact) mass is 274 g/mol. The largest absolute Gasteiger partial charge is 0.490 e. The molecule has 0 unspecified atom stereocenters. The summed E-state index contributed by atoms with van der Waals surface area (Å²) in [4.78, 5) is 11.9. The molecule has 1 aromatic heterocycles. The summed E-state index contributed by atoms with van der Waals surface area (Å²) in [5.74, 6) is 0.455. The Hall–Kier alpha value is -2.50. The summed E-state index contributed by atoms with van der Waals surface area (Å²) in [6, 6.07) is 9.00. The number of nitrogens with one attached hydrogen (secondary N) is 1. The molecule has 6 nitrogen and oxygen atoms in total. The van der Waals surface area contributed by atoms with Crippen LogP contribution in [-0.4, -0.2) is 28.8 Å². The maximum Gasteiger partial charge on any atom is 0.269 e. The molecule has 0 atom stereocenters. The molecule has 6 heteroatoms. The van der Waals surface area contributed by atoms with Crippen LogP contribution in [0, 0.1) is 6.92 Å². The summed E-state index contributed by atoms with van der Waals surface area (Å²) < 4.78 is 7.05. The summed E-state index contributed by atoms with van der Waals surface area (Å²) in [5, 5.41) is 6.90. The van der Waals surface area contributed by atoms with Gasteiger partial charge in [-0.25, -0.2) is 0 Å². The Morgan fingerprint density at radius 3 is 2.85 bits per heavy atom. The number of hydrogen-bond acceptors (Lipinski definition) is 4. The molecule has 0 aliphatic carbocycles. The van der Waals surface area contributed by atoms with Crippen LogP contribution in [0.25, 0.3) is 0 Å². The van der Waals surface area contributed by atoms with Gasteiger partial charge in [0.2, 0.25) is 0 Å². The highest BCUT2D eigenvalue weighted by atomic mass is 16.5. The normalized spacial score (nSPS) is 10.3. The van der Waals surface area contributed by atoms with Gasteiger partial charge in [0, 0.05) is 7.05 Å². The number of carbonyl (C=O) groups excluding carboxylic acids is 1. The van der Waals surface area contributed by atoms with Gasteiger partial charge >= 0.3 is 0 Å². The number of rotatable bonds is 5.